The van der Waals surface area contributed by atoms with Crippen molar-refractivity contribution in [3.8, 4) is 0 Å². The third-order valence-corrected chi connectivity index (χ3v) is 1.09. The van der Waals surface area contributed by atoms with Crippen molar-refractivity contribution in [2.24, 2.45) is 0 Å². The van der Waals surface area contributed by atoms with Gasteiger partial charge in [-0.25, -0.2) is 0 Å². The van der Waals surface area contributed by atoms with E-state index in [0.29, 0.717) is 0 Å². The molecule has 0 fully saturated rings. The Bertz CT molecular complexity index is 72.7. The third kappa shape index (κ3) is 5.46. The SMILES string of the molecule is CNCCNC(C)C=N. The fourth-order valence-corrected chi connectivity index (χ4v) is 0.484. The van der Waals surface area contributed by atoms with E-state index in [2.05, 4.69) is 10.6 Å². The molecule has 0 aromatic heterocycles. The van der Waals surface area contributed by atoms with Gasteiger partial charge in [0.2, 0.25) is 0 Å². The third-order valence-electron chi connectivity index (χ3n) is 1.09. The molecule has 0 aliphatic rings. The molecule has 0 aliphatic heterocycles. The Labute approximate surface area is 56.3 Å². The summed E-state index contributed by atoms with van der Waals surface area (Å²) in [6.07, 6.45) is 1.40. The van der Waals surface area contributed by atoms with Crippen LogP contribution in [-0.4, -0.2) is 32.4 Å². The lowest BCUT2D eigenvalue weighted by Crippen LogP contribution is -2.32. The molecule has 0 aromatic carbocycles. The van der Waals surface area contributed by atoms with Gasteiger partial charge >= 0.3 is 0 Å². The molecule has 1 atom stereocenters. The molecule has 0 rings (SSSR count). The molecule has 1 unspecified atom stereocenters. The summed E-state index contributed by atoms with van der Waals surface area (Å²) in [5.74, 6) is 0. The average molecular weight is 129 g/mol. The summed E-state index contributed by atoms with van der Waals surface area (Å²) < 4.78 is 0. The molecule has 0 saturated carbocycles. The molecule has 0 heterocycles. The Morgan fingerprint density at radius 1 is 1.56 bits per heavy atom. The summed E-state index contributed by atoms with van der Waals surface area (Å²) >= 11 is 0. The van der Waals surface area contributed by atoms with E-state index in [-0.39, 0.29) is 6.04 Å². The second kappa shape index (κ2) is 5.72. The van der Waals surface area contributed by atoms with E-state index in [1.165, 1.54) is 6.21 Å². The highest BCUT2D eigenvalue weighted by atomic mass is 14.9. The van der Waals surface area contributed by atoms with Gasteiger partial charge in [-0.15, -0.1) is 0 Å². The van der Waals surface area contributed by atoms with Crippen LogP contribution in [-0.2, 0) is 0 Å². The lowest BCUT2D eigenvalue weighted by Gasteiger charge is -2.06. The van der Waals surface area contributed by atoms with Crippen molar-refractivity contribution >= 4 is 6.21 Å². The maximum absolute atomic E-state index is 6.84. The maximum atomic E-state index is 6.84. The summed E-state index contributed by atoms with van der Waals surface area (Å²) in [7, 11) is 1.91. The van der Waals surface area contributed by atoms with Crippen molar-refractivity contribution in [3.05, 3.63) is 0 Å². The highest BCUT2D eigenvalue weighted by Crippen LogP contribution is 1.70. The Morgan fingerprint density at radius 3 is 2.67 bits per heavy atom. The molecule has 0 spiro atoms. The molecule has 0 radical (unpaired) electrons. The molecular formula is C6H15N3. The minimum Gasteiger partial charge on any atom is -0.318 e. The lowest BCUT2D eigenvalue weighted by atomic mass is 10.4. The van der Waals surface area contributed by atoms with E-state index < -0.39 is 0 Å². The summed E-state index contributed by atoms with van der Waals surface area (Å²) in [5, 5.41) is 13.0. The fraction of sp³-hybridized carbons (Fsp3) is 0.833. The van der Waals surface area contributed by atoms with E-state index in [1.54, 1.807) is 0 Å². The molecule has 0 aliphatic carbocycles. The smallest absolute Gasteiger partial charge is 0.0389 e. The predicted octanol–water partition coefficient (Wildman–Crippen LogP) is -0.167. The first kappa shape index (κ1) is 8.59. The number of nitrogens with one attached hydrogen (secondary N) is 3. The van der Waals surface area contributed by atoms with Crippen LogP contribution in [0.2, 0.25) is 0 Å². The van der Waals surface area contributed by atoms with E-state index in [1.807, 2.05) is 14.0 Å². The van der Waals surface area contributed by atoms with Crippen molar-refractivity contribution < 1.29 is 0 Å². The zero-order chi connectivity index (χ0) is 7.11. The van der Waals surface area contributed by atoms with Crippen molar-refractivity contribution in [2.75, 3.05) is 20.1 Å². The minimum absolute atomic E-state index is 0.207. The fourth-order valence-electron chi connectivity index (χ4n) is 0.484. The number of likely N-dealkylation sites (N-methyl/N-ethyl adjacent to an activating group) is 1. The van der Waals surface area contributed by atoms with Crippen LogP contribution in [0.1, 0.15) is 6.92 Å². The van der Waals surface area contributed by atoms with Crippen molar-refractivity contribution in [2.45, 2.75) is 13.0 Å². The van der Waals surface area contributed by atoms with Crippen LogP contribution < -0.4 is 10.6 Å². The molecule has 9 heavy (non-hydrogen) atoms. The zero-order valence-electron chi connectivity index (χ0n) is 6.07. The minimum atomic E-state index is 0.207. The molecular weight excluding hydrogens is 114 g/mol. The maximum Gasteiger partial charge on any atom is 0.0389 e. The molecule has 0 bridgehead atoms. The van der Waals surface area contributed by atoms with Gasteiger partial charge in [-0.3, -0.25) is 0 Å². The molecule has 0 amide bonds. The van der Waals surface area contributed by atoms with Crippen LogP contribution in [0, 0.1) is 5.41 Å². The van der Waals surface area contributed by atoms with Crippen LogP contribution in [0.5, 0.6) is 0 Å². The van der Waals surface area contributed by atoms with Gasteiger partial charge in [0.25, 0.3) is 0 Å². The van der Waals surface area contributed by atoms with Gasteiger partial charge in [-0.1, -0.05) is 0 Å². The zero-order valence-corrected chi connectivity index (χ0v) is 6.07. The van der Waals surface area contributed by atoms with Crippen LogP contribution in [0.4, 0.5) is 0 Å². The second-order valence-corrected chi connectivity index (χ2v) is 2.01. The quantitative estimate of drug-likeness (QED) is 0.356. The molecule has 0 aromatic rings. The average Bonchev–Trinajstić information content (AvgIpc) is 1.89. The highest BCUT2D eigenvalue weighted by molar-refractivity contribution is 5.59. The Morgan fingerprint density at radius 2 is 2.22 bits per heavy atom. The Kier molecular flexibility index (Phi) is 5.46. The highest BCUT2D eigenvalue weighted by Gasteiger charge is 1.91. The van der Waals surface area contributed by atoms with Crippen LogP contribution in [0.25, 0.3) is 0 Å². The summed E-state index contributed by atoms with van der Waals surface area (Å²) in [5.41, 5.74) is 0. The van der Waals surface area contributed by atoms with Crippen molar-refractivity contribution in [1.82, 2.24) is 10.6 Å². The standard InChI is InChI=1S/C6H15N3/c1-6(5-7)9-4-3-8-2/h5-9H,3-4H2,1-2H3. The van der Waals surface area contributed by atoms with E-state index >= 15 is 0 Å². The monoisotopic (exact) mass is 129 g/mol. The summed E-state index contributed by atoms with van der Waals surface area (Å²) in [6.45, 7) is 3.84. The van der Waals surface area contributed by atoms with Crippen molar-refractivity contribution in [3.63, 3.8) is 0 Å². The van der Waals surface area contributed by atoms with Gasteiger partial charge < -0.3 is 16.0 Å². The van der Waals surface area contributed by atoms with Gasteiger partial charge in [-0.05, 0) is 14.0 Å². The normalized spacial score (nSPS) is 13.1. The number of rotatable bonds is 5. The lowest BCUT2D eigenvalue weighted by molar-refractivity contribution is 0.631. The van der Waals surface area contributed by atoms with Crippen LogP contribution >= 0.6 is 0 Å². The van der Waals surface area contributed by atoms with Gasteiger partial charge in [0.1, 0.15) is 0 Å². The summed E-state index contributed by atoms with van der Waals surface area (Å²) in [6, 6.07) is 0.207. The second-order valence-electron chi connectivity index (χ2n) is 2.01. The van der Waals surface area contributed by atoms with Crippen molar-refractivity contribution in [1.29, 1.82) is 5.41 Å². The largest absolute Gasteiger partial charge is 0.318 e. The van der Waals surface area contributed by atoms with Gasteiger partial charge in [0.15, 0.2) is 0 Å². The van der Waals surface area contributed by atoms with Crippen LogP contribution in [0.3, 0.4) is 0 Å². The number of hydrogen-bond acceptors (Lipinski definition) is 3. The van der Waals surface area contributed by atoms with Gasteiger partial charge in [0, 0.05) is 25.3 Å². The van der Waals surface area contributed by atoms with E-state index in [4.69, 9.17) is 5.41 Å². The molecule has 0 saturated heterocycles. The Hall–Kier alpha value is -0.410. The molecule has 3 nitrogen and oxygen atoms in total. The first-order chi connectivity index (χ1) is 4.31. The topological polar surface area (TPSA) is 47.9 Å². The predicted molar refractivity (Wildman–Crippen MR) is 40.2 cm³/mol. The first-order valence-electron chi connectivity index (χ1n) is 3.20. The molecule has 3 N–H and O–H groups in total. The first-order valence-corrected chi connectivity index (χ1v) is 3.20. The van der Waals surface area contributed by atoms with Gasteiger partial charge in [-0.2, -0.15) is 0 Å². The van der Waals surface area contributed by atoms with Crippen LogP contribution in [0.15, 0.2) is 0 Å². The van der Waals surface area contributed by atoms with E-state index in [0.717, 1.165) is 13.1 Å². The van der Waals surface area contributed by atoms with Gasteiger partial charge in [0.05, 0.1) is 0 Å². The molecule has 3 heteroatoms. The molecule has 54 valence electrons. The summed E-state index contributed by atoms with van der Waals surface area (Å²) in [4.78, 5) is 0. The van der Waals surface area contributed by atoms with E-state index in [9.17, 15) is 0 Å². The Balaban J connectivity index is 2.96. The number of hydrogen-bond donors (Lipinski definition) is 3.